The lowest BCUT2D eigenvalue weighted by Gasteiger charge is -2.37. The Morgan fingerprint density at radius 3 is 2.38 bits per heavy atom. The number of hydrogen-bond donors (Lipinski definition) is 0. The molecule has 148 valence electrons. The van der Waals surface area contributed by atoms with Gasteiger partial charge in [-0.05, 0) is 54.8 Å². The zero-order valence-electron chi connectivity index (χ0n) is 16.3. The molecule has 3 heterocycles. The van der Waals surface area contributed by atoms with Crippen molar-refractivity contribution in [1.29, 1.82) is 0 Å². The maximum atomic E-state index is 13.2. The van der Waals surface area contributed by atoms with E-state index in [0.717, 1.165) is 63.0 Å². The summed E-state index contributed by atoms with van der Waals surface area (Å²) in [5.74, 6) is 1.55. The predicted octanol–water partition coefficient (Wildman–Crippen LogP) is 4.03. The van der Waals surface area contributed by atoms with Gasteiger partial charge in [-0.2, -0.15) is 4.98 Å². The predicted molar refractivity (Wildman–Crippen MR) is 115 cm³/mol. The first-order valence-electron chi connectivity index (χ1n) is 10.2. The average Bonchev–Trinajstić information content (AvgIpc) is 2.79. The highest BCUT2D eigenvalue weighted by Crippen LogP contribution is 2.32. The van der Waals surface area contributed by atoms with Gasteiger partial charge in [0.1, 0.15) is 11.6 Å². The second-order valence-electron chi connectivity index (χ2n) is 7.55. The molecular weight excluding hydrogens is 365 g/mol. The summed E-state index contributed by atoms with van der Waals surface area (Å²) in [5, 5.41) is 0. The van der Waals surface area contributed by atoms with Crippen LogP contribution in [0.3, 0.4) is 0 Å². The molecule has 0 N–H and O–H groups in total. The van der Waals surface area contributed by atoms with Crippen molar-refractivity contribution < 1.29 is 4.39 Å². The van der Waals surface area contributed by atoms with Gasteiger partial charge in [0.25, 0.3) is 0 Å². The molecule has 2 aliphatic heterocycles. The molecule has 0 spiro atoms. The Labute approximate surface area is 170 Å². The van der Waals surface area contributed by atoms with Crippen LogP contribution in [0, 0.1) is 5.82 Å². The van der Waals surface area contributed by atoms with Crippen molar-refractivity contribution in [2.24, 2.45) is 0 Å². The van der Waals surface area contributed by atoms with Crippen LogP contribution in [0.25, 0.3) is 0 Å². The minimum Gasteiger partial charge on any atom is -0.368 e. The lowest BCUT2D eigenvalue weighted by molar-refractivity contribution is 0.624. The zero-order valence-corrected chi connectivity index (χ0v) is 16.3. The Balaban J connectivity index is 1.32. The van der Waals surface area contributed by atoms with Gasteiger partial charge in [-0.15, -0.1) is 0 Å². The van der Waals surface area contributed by atoms with Crippen molar-refractivity contribution in [3.8, 4) is 0 Å². The summed E-state index contributed by atoms with van der Waals surface area (Å²) in [6, 6.07) is 17.3. The molecule has 5 nitrogen and oxygen atoms in total. The molecule has 6 heteroatoms. The highest BCUT2D eigenvalue weighted by atomic mass is 19.1. The number of halogens is 1. The van der Waals surface area contributed by atoms with Crippen molar-refractivity contribution in [1.82, 2.24) is 9.97 Å². The Morgan fingerprint density at radius 2 is 1.55 bits per heavy atom. The van der Waals surface area contributed by atoms with Crippen LogP contribution in [-0.4, -0.2) is 42.7 Å². The van der Waals surface area contributed by atoms with Crippen LogP contribution >= 0.6 is 0 Å². The first-order chi connectivity index (χ1) is 14.3. The quantitative estimate of drug-likeness (QED) is 0.676. The van der Waals surface area contributed by atoms with Crippen molar-refractivity contribution in [3.05, 3.63) is 72.2 Å². The number of para-hydroxylation sites is 1. The molecule has 0 atom stereocenters. The minimum atomic E-state index is -0.194. The van der Waals surface area contributed by atoms with E-state index in [-0.39, 0.29) is 5.82 Å². The molecule has 0 amide bonds. The first-order valence-corrected chi connectivity index (χ1v) is 10.2. The van der Waals surface area contributed by atoms with Crippen LogP contribution in [0.15, 0.2) is 60.8 Å². The molecule has 2 aliphatic rings. The largest absolute Gasteiger partial charge is 0.368 e. The molecule has 29 heavy (non-hydrogen) atoms. The summed E-state index contributed by atoms with van der Waals surface area (Å²) >= 11 is 0. The summed E-state index contributed by atoms with van der Waals surface area (Å²) in [7, 11) is 0. The summed E-state index contributed by atoms with van der Waals surface area (Å²) in [6.07, 6.45) is 4.08. The van der Waals surface area contributed by atoms with Gasteiger partial charge >= 0.3 is 0 Å². The highest BCUT2D eigenvalue weighted by Gasteiger charge is 2.22. The molecule has 1 fully saturated rings. The van der Waals surface area contributed by atoms with Crippen LogP contribution in [0.1, 0.15) is 12.0 Å². The van der Waals surface area contributed by atoms with Crippen LogP contribution in [0.2, 0.25) is 0 Å². The van der Waals surface area contributed by atoms with Gasteiger partial charge in [0.05, 0.1) is 0 Å². The van der Waals surface area contributed by atoms with E-state index in [2.05, 4.69) is 43.9 Å². The Hall–Kier alpha value is -3.15. The van der Waals surface area contributed by atoms with E-state index in [9.17, 15) is 4.39 Å². The smallest absolute Gasteiger partial charge is 0.231 e. The average molecular weight is 389 g/mol. The van der Waals surface area contributed by atoms with Gasteiger partial charge in [0.2, 0.25) is 5.95 Å². The van der Waals surface area contributed by atoms with E-state index in [0.29, 0.717) is 0 Å². The van der Waals surface area contributed by atoms with Crippen LogP contribution in [0.4, 0.5) is 27.5 Å². The number of piperazine rings is 1. The number of benzene rings is 2. The Bertz CT molecular complexity index is 983. The minimum absolute atomic E-state index is 0.194. The van der Waals surface area contributed by atoms with Crippen molar-refractivity contribution in [2.75, 3.05) is 47.4 Å². The molecule has 3 aromatic rings. The van der Waals surface area contributed by atoms with Gasteiger partial charge in [-0.25, -0.2) is 9.37 Å². The summed E-state index contributed by atoms with van der Waals surface area (Å²) in [4.78, 5) is 16.3. The van der Waals surface area contributed by atoms with E-state index >= 15 is 0 Å². The molecule has 0 saturated carbocycles. The number of fused-ring (bicyclic) bond motifs is 1. The van der Waals surface area contributed by atoms with Gasteiger partial charge in [-0.1, -0.05) is 18.2 Å². The maximum absolute atomic E-state index is 13.2. The third-order valence-electron chi connectivity index (χ3n) is 5.78. The lowest BCUT2D eigenvalue weighted by atomic mass is 10.0. The Morgan fingerprint density at radius 1 is 0.793 bits per heavy atom. The molecule has 0 unspecified atom stereocenters. The van der Waals surface area contributed by atoms with Crippen LogP contribution < -0.4 is 14.7 Å². The summed E-state index contributed by atoms with van der Waals surface area (Å²) < 4.78 is 13.2. The van der Waals surface area contributed by atoms with Crippen LogP contribution in [0.5, 0.6) is 0 Å². The fourth-order valence-corrected chi connectivity index (χ4v) is 4.23. The highest BCUT2D eigenvalue weighted by molar-refractivity contribution is 5.64. The van der Waals surface area contributed by atoms with E-state index < -0.39 is 0 Å². The topological polar surface area (TPSA) is 35.5 Å². The summed E-state index contributed by atoms with van der Waals surface area (Å²) in [5.41, 5.74) is 3.65. The molecule has 1 saturated heterocycles. The molecule has 2 aromatic carbocycles. The van der Waals surface area contributed by atoms with E-state index in [1.54, 1.807) is 0 Å². The molecule has 5 rings (SSSR count). The normalized spacial score (nSPS) is 16.7. The third-order valence-corrected chi connectivity index (χ3v) is 5.78. The molecular formula is C23H24FN5. The number of hydrogen-bond acceptors (Lipinski definition) is 5. The van der Waals surface area contributed by atoms with Crippen LogP contribution in [-0.2, 0) is 6.42 Å². The Kier molecular flexibility index (Phi) is 4.76. The zero-order chi connectivity index (χ0) is 19.6. The van der Waals surface area contributed by atoms with Gasteiger partial charge < -0.3 is 14.7 Å². The van der Waals surface area contributed by atoms with Crippen molar-refractivity contribution in [3.63, 3.8) is 0 Å². The molecule has 0 aliphatic carbocycles. The SMILES string of the molecule is Fc1ccc(N2CCN(c3ccnc(N4CCCc5ccccc54)n3)CC2)cc1. The second kappa shape index (κ2) is 7.70. The fourth-order valence-electron chi connectivity index (χ4n) is 4.23. The maximum Gasteiger partial charge on any atom is 0.231 e. The number of nitrogens with zero attached hydrogens (tertiary/aromatic N) is 5. The van der Waals surface area contributed by atoms with E-state index in [1.165, 1.54) is 23.4 Å². The lowest BCUT2D eigenvalue weighted by Crippen LogP contribution is -2.47. The number of anilines is 4. The van der Waals surface area contributed by atoms with Crippen molar-refractivity contribution in [2.45, 2.75) is 12.8 Å². The number of aromatic nitrogens is 2. The fraction of sp³-hybridized carbons (Fsp3) is 0.304. The third kappa shape index (κ3) is 3.62. The first kappa shape index (κ1) is 17.9. The number of rotatable bonds is 3. The summed E-state index contributed by atoms with van der Waals surface area (Å²) in [6.45, 7) is 4.47. The van der Waals surface area contributed by atoms with E-state index in [4.69, 9.17) is 4.98 Å². The molecule has 0 bridgehead atoms. The number of aryl methyl sites for hydroxylation is 1. The van der Waals surface area contributed by atoms with Crippen molar-refractivity contribution >= 4 is 23.1 Å². The monoisotopic (exact) mass is 389 g/mol. The van der Waals surface area contributed by atoms with Gasteiger partial charge in [-0.3, -0.25) is 0 Å². The van der Waals surface area contributed by atoms with Gasteiger partial charge in [0.15, 0.2) is 0 Å². The molecule has 0 radical (unpaired) electrons. The molecule has 1 aromatic heterocycles. The standard InChI is InChI=1S/C23H24FN5/c24-19-7-9-20(10-8-19)27-14-16-28(17-15-27)22-11-12-25-23(26-22)29-13-3-5-18-4-1-2-6-21(18)29/h1-2,4,6-12H,3,5,13-17H2. The van der Waals surface area contributed by atoms with Gasteiger partial charge in [0, 0.05) is 50.3 Å². The second-order valence-corrected chi connectivity index (χ2v) is 7.55. The van der Waals surface area contributed by atoms with E-state index in [1.807, 2.05) is 24.4 Å².